The van der Waals surface area contributed by atoms with Crippen molar-refractivity contribution >= 4 is 5.69 Å². The van der Waals surface area contributed by atoms with Crippen molar-refractivity contribution in [2.45, 2.75) is 33.2 Å². The van der Waals surface area contributed by atoms with E-state index in [1.807, 2.05) is 12.4 Å². The maximum atomic E-state index is 4.26. The van der Waals surface area contributed by atoms with E-state index < -0.39 is 0 Å². The van der Waals surface area contributed by atoms with Gasteiger partial charge in [0.2, 0.25) is 0 Å². The molecule has 0 fully saturated rings. The van der Waals surface area contributed by atoms with Gasteiger partial charge in [-0.3, -0.25) is 4.98 Å². The van der Waals surface area contributed by atoms with E-state index in [4.69, 9.17) is 0 Å². The van der Waals surface area contributed by atoms with Crippen LogP contribution < -0.4 is 10.2 Å². The molecule has 0 spiro atoms. The van der Waals surface area contributed by atoms with E-state index >= 15 is 0 Å². The highest BCUT2D eigenvalue weighted by molar-refractivity contribution is 5.53. The number of nitrogens with one attached hydrogen (secondary N) is 1. The van der Waals surface area contributed by atoms with Gasteiger partial charge >= 0.3 is 0 Å². The number of anilines is 1. The summed E-state index contributed by atoms with van der Waals surface area (Å²) < 4.78 is 0. The lowest BCUT2D eigenvalue weighted by Crippen LogP contribution is -2.30. The summed E-state index contributed by atoms with van der Waals surface area (Å²) in [4.78, 5) is 6.71. The van der Waals surface area contributed by atoms with Crippen LogP contribution in [0.3, 0.4) is 0 Å². The average Bonchev–Trinajstić information content (AvgIpc) is 2.40. The quantitative estimate of drug-likeness (QED) is 0.638. The predicted molar refractivity (Wildman–Crippen MR) is 76.8 cm³/mol. The third kappa shape index (κ3) is 3.33. The molecular formula is C15H23N3. The van der Waals surface area contributed by atoms with E-state index in [1.165, 1.54) is 23.2 Å². The topological polar surface area (TPSA) is 28.2 Å². The zero-order valence-corrected chi connectivity index (χ0v) is 11.4. The third-order valence-electron chi connectivity index (χ3n) is 3.29. The predicted octanol–water partition coefficient (Wildman–Crippen LogP) is 2.74. The molecule has 1 aromatic heterocycles. The van der Waals surface area contributed by atoms with Crippen molar-refractivity contribution < 1.29 is 0 Å². The number of hydrogen-bond donors (Lipinski definition) is 1. The Labute approximate surface area is 110 Å². The third-order valence-corrected chi connectivity index (χ3v) is 3.29. The maximum Gasteiger partial charge on any atom is 0.0445 e. The van der Waals surface area contributed by atoms with Crippen molar-refractivity contribution in [2.75, 3.05) is 24.5 Å². The molecule has 0 aliphatic carbocycles. The van der Waals surface area contributed by atoms with E-state index in [2.05, 4.69) is 41.2 Å². The number of hydrogen-bond acceptors (Lipinski definition) is 3. The monoisotopic (exact) mass is 245 g/mol. The maximum absolute atomic E-state index is 4.26. The van der Waals surface area contributed by atoms with E-state index in [0.717, 1.165) is 32.6 Å². The van der Waals surface area contributed by atoms with Crippen molar-refractivity contribution in [3.05, 3.63) is 35.7 Å². The summed E-state index contributed by atoms with van der Waals surface area (Å²) in [5.74, 6) is 0. The molecule has 1 aliphatic heterocycles. The smallest absolute Gasteiger partial charge is 0.0445 e. The van der Waals surface area contributed by atoms with E-state index in [-0.39, 0.29) is 0 Å². The Hall–Kier alpha value is -1.35. The normalized spacial score (nSPS) is 15.7. The first kappa shape index (κ1) is 13.1. The molecular weight excluding hydrogens is 222 g/mol. The molecule has 3 nitrogen and oxygen atoms in total. The van der Waals surface area contributed by atoms with Crippen LogP contribution >= 0.6 is 0 Å². The lowest BCUT2D eigenvalue weighted by Gasteiger charge is -2.30. The largest absolute Gasteiger partial charge is 0.367 e. The summed E-state index contributed by atoms with van der Waals surface area (Å²) in [5.41, 5.74) is 4.10. The molecule has 0 amide bonds. The number of rotatable bonds is 5. The van der Waals surface area contributed by atoms with Crippen molar-refractivity contribution in [2.24, 2.45) is 0 Å². The molecule has 1 aromatic rings. The summed E-state index contributed by atoms with van der Waals surface area (Å²) in [6, 6.07) is 2.14. The fourth-order valence-corrected chi connectivity index (χ4v) is 2.38. The first-order valence-corrected chi connectivity index (χ1v) is 6.85. The highest BCUT2D eigenvalue weighted by atomic mass is 15.1. The van der Waals surface area contributed by atoms with E-state index in [1.54, 1.807) is 0 Å². The number of aromatic nitrogens is 1. The minimum Gasteiger partial charge on any atom is -0.367 e. The molecule has 3 heteroatoms. The zero-order valence-electron chi connectivity index (χ0n) is 11.4. The van der Waals surface area contributed by atoms with Crippen LogP contribution in [-0.4, -0.2) is 24.6 Å². The van der Waals surface area contributed by atoms with Crippen LogP contribution in [0.2, 0.25) is 0 Å². The minimum atomic E-state index is 0.913. The van der Waals surface area contributed by atoms with Crippen LogP contribution in [-0.2, 0) is 6.54 Å². The zero-order chi connectivity index (χ0) is 12.8. The van der Waals surface area contributed by atoms with Gasteiger partial charge in [-0.1, -0.05) is 18.6 Å². The molecule has 0 bridgehead atoms. The Morgan fingerprint density at radius 3 is 3.11 bits per heavy atom. The summed E-state index contributed by atoms with van der Waals surface area (Å²) in [7, 11) is 0. The lowest BCUT2D eigenvalue weighted by molar-refractivity contribution is 0.669. The fourth-order valence-electron chi connectivity index (χ4n) is 2.38. The van der Waals surface area contributed by atoms with Crippen LogP contribution in [0, 0.1) is 0 Å². The molecule has 0 aromatic carbocycles. The summed E-state index contributed by atoms with van der Waals surface area (Å²) in [5, 5.41) is 3.46. The Bertz CT molecular complexity index is 412. The molecule has 0 saturated heterocycles. The Balaban J connectivity index is 2.09. The first-order valence-electron chi connectivity index (χ1n) is 6.85. The molecule has 2 rings (SSSR count). The molecule has 2 heterocycles. The van der Waals surface area contributed by atoms with Gasteiger partial charge in [0.1, 0.15) is 0 Å². The van der Waals surface area contributed by atoms with Gasteiger partial charge in [-0.2, -0.15) is 0 Å². The minimum absolute atomic E-state index is 0.913. The van der Waals surface area contributed by atoms with Crippen molar-refractivity contribution in [3.63, 3.8) is 0 Å². The van der Waals surface area contributed by atoms with Crippen molar-refractivity contribution in [3.8, 4) is 0 Å². The van der Waals surface area contributed by atoms with Crippen LogP contribution in [0.4, 0.5) is 5.69 Å². The van der Waals surface area contributed by atoms with Crippen LogP contribution in [0.25, 0.3) is 0 Å². The molecule has 0 saturated carbocycles. The van der Waals surface area contributed by atoms with Gasteiger partial charge in [0, 0.05) is 43.3 Å². The number of pyridine rings is 1. The second-order valence-electron chi connectivity index (χ2n) is 4.94. The fraction of sp³-hybridized carbons (Fsp3) is 0.533. The highest BCUT2D eigenvalue weighted by Gasteiger charge is 2.13. The van der Waals surface area contributed by atoms with Crippen LogP contribution in [0.1, 0.15) is 32.3 Å². The molecule has 98 valence electrons. The second kappa shape index (κ2) is 6.55. The number of nitrogens with zero attached hydrogens (tertiary/aromatic N) is 2. The van der Waals surface area contributed by atoms with Crippen LogP contribution in [0.5, 0.6) is 0 Å². The SMILES string of the molecule is CCCNCc1cnccc1N1CCC=C(C)C1. The molecule has 18 heavy (non-hydrogen) atoms. The van der Waals surface area contributed by atoms with E-state index in [0.29, 0.717) is 0 Å². The van der Waals surface area contributed by atoms with Crippen LogP contribution in [0.15, 0.2) is 30.1 Å². The van der Waals surface area contributed by atoms with Gasteiger partial charge in [0.15, 0.2) is 0 Å². The van der Waals surface area contributed by atoms with Crippen molar-refractivity contribution in [1.29, 1.82) is 0 Å². The Morgan fingerprint density at radius 2 is 2.33 bits per heavy atom. The highest BCUT2D eigenvalue weighted by Crippen LogP contribution is 2.23. The van der Waals surface area contributed by atoms with Crippen molar-refractivity contribution in [1.82, 2.24) is 10.3 Å². The standard InChI is InChI=1S/C15H23N3/c1-3-7-16-10-14-11-17-8-6-15(14)18-9-4-5-13(2)12-18/h5-6,8,11,16H,3-4,7,9-10,12H2,1-2H3. The second-order valence-corrected chi connectivity index (χ2v) is 4.94. The van der Waals surface area contributed by atoms with Gasteiger partial charge in [-0.25, -0.2) is 0 Å². The first-order chi connectivity index (χ1) is 8.81. The molecule has 0 atom stereocenters. The molecule has 1 N–H and O–H groups in total. The lowest BCUT2D eigenvalue weighted by atomic mass is 10.1. The summed E-state index contributed by atoms with van der Waals surface area (Å²) in [6.07, 6.45) is 8.54. The summed E-state index contributed by atoms with van der Waals surface area (Å²) >= 11 is 0. The molecule has 1 aliphatic rings. The molecule has 0 radical (unpaired) electrons. The van der Waals surface area contributed by atoms with Gasteiger partial charge < -0.3 is 10.2 Å². The average molecular weight is 245 g/mol. The van der Waals surface area contributed by atoms with Gasteiger partial charge in [0.05, 0.1) is 0 Å². The molecule has 0 unspecified atom stereocenters. The van der Waals surface area contributed by atoms with Gasteiger partial charge in [0.25, 0.3) is 0 Å². The van der Waals surface area contributed by atoms with E-state index in [9.17, 15) is 0 Å². The summed E-state index contributed by atoms with van der Waals surface area (Å²) in [6.45, 7) is 8.54. The Morgan fingerprint density at radius 1 is 1.44 bits per heavy atom. The van der Waals surface area contributed by atoms with Gasteiger partial charge in [-0.05, 0) is 32.4 Å². The van der Waals surface area contributed by atoms with Gasteiger partial charge in [-0.15, -0.1) is 0 Å². The Kier molecular flexibility index (Phi) is 4.76.